The fraction of sp³-hybridized carbons (Fsp3) is 0.464. The number of hydrogen-bond acceptors (Lipinski definition) is 6. The summed E-state index contributed by atoms with van der Waals surface area (Å²) in [5, 5.41) is 0. The number of carbonyl (C=O) groups is 3. The molecule has 0 aliphatic carbocycles. The van der Waals surface area contributed by atoms with Crippen LogP contribution in [-0.2, 0) is 41.3 Å². The van der Waals surface area contributed by atoms with Gasteiger partial charge >= 0.3 is 5.97 Å². The Hall–Kier alpha value is -3.20. The first-order chi connectivity index (χ1) is 17.6. The third kappa shape index (κ3) is 4.43. The van der Waals surface area contributed by atoms with E-state index in [0.717, 1.165) is 24.0 Å². The summed E-state index contributed by atoms with van der Waals surface area (Å²) in [6.45, 7) is 12.7. The maximum atomic E-state index is 13.3. The summed E-state index contributed by atoms with van der Waals surface area (Å²) in [4.78, 5) is 40.5. The number of nitrogens with zero attached hydrogens (tertiary/aromatic N) is 2. The largest absolute Gasteiger partial charge is 0.457 e. The summed E-state index contributed by atoms with van der Waals surface area (Å²) in [5.74, 6) is -2.70. The first-order valence-corrected chi connectivity index (χ1v) is 14.3. The van der Waals surface area contributed by atoms with Crippen molar-refractivity contribution in [1.29, 1.82) is 0 Å². The molecule has 0 aromatic heterocycles. The van der Waals surface area contributed by atoms with Crippen molar-refractivity contribution < 1.29 is 27.5 Å². The molecule has 0 N–H and O–H groups in total. The van der Waals surface area contributed by atoms with Gasteiger partial charge in [-0.05, 0) is 29.2 Å². The van der Waals surface area contributed by atoms with E-state index in [0.29, 0.717) is 11.3 Å². The molecule has 0 bridgehead atoms. The highest BCUT2D eigenvalue weighted by molar-refractivity contribution is 7.92. The maximum Gasteiger partial charge on any atom is 0.355 e. The van der Waals surface area contributed by atoms with Crippen LogP contribution in [-0.4, -0.2) is 50.2 Å². The number of sulfonamides is 1. The molecule has 1 saturated heterocycles. The minimum absolute atomic E-state index is 0.0421. The van der Waals surface area contributed by atoms with Crippen molar-refractivity contribution in [2.45, 2.75) is 51.8 Å². The standard InChI is InChI=1S/C28H34N2O6S/c1-6-10-19-12-9-13-22-21(19)16-37(34,35)29(22)15-20-17(4)25-24(18(5)23(31)11-7-2)27(32)30(25)26(20)28(33)36-14-8-3/h7-9,12-13,17-18,24-25H,2-3,6,10-11,14-16H2,1,4-5H3/t17?,18-,24?,25?/m0/s1. The molecule has 3 aliphatic heterocycles. The lowest BCUT2D eigenvalue weighted by molar-refractivity contribution is -0.162. The first-order valence-electron chi connectivity index (χ1n) is 12.7. The second-order valence-electron chi connectivity index (χ2n) is 9.95. The van der Waals surface area contributed by atoms with Crippen LogP contribution < -0.4 is 4.31 Å². The highest BCUT2D eigenvalue weighted by atomic mass is 32.2. The summed E-state index contributed by atoms with van der Waals surface area (Å²) in [6, 6.07) is 5.17. The van der Waals surface area contributed by atoms with Crippen LogP contribution in [0.15, 0.2) is 54.8 Å². The van der Waals surface area contributed by atoms with E-state index in [2.05, 4.69) is 13.2 Å². The number of ketones is 1. The number of rotatable bonds is 11. The van der Waals surface area contributed by atoms with Gasteiger partial charge in [0.05, 0.1) is 29.9 Å². The zero-order valence-corrected chi connectivity index (χ0v) is 22.4. The summed E-state index contributed by atoms with van der Waals surface area (Å²) >= 11 is 0. The molecule has 0 radical (unpaired) electrons. The Morgan fingerprint density at radius 2 is 1.97 bits per heavy atom. The summed E-state index contributed by atoms with van der Waals surface area (Å²) < 4.78 is 33.3. The number of carbonyl (C=O) groups excluding carboxylic acids is 3. The van der Waals surface area contributed by atoms with E-state index in [4.69, 9.17) is 4.74 Å². The van der Waals surface area contributed by atoms with Crippen LogP contribution in [0, 0.1) is 17.8 Å². The van der Waals surface area contributed by atoms with Gasteiger partial charge in [0.25, 0.3) is 0 Å². The van der Waals surface area contributed by atoms with Crippen LogP contribution in [0.5, 0.6) is 0 Å². The Morgan fingerprint density at radius 3 is 2.62 bits per heavy atom. The quantitative estimate of drug-likeness (QED) is 0.248. The molecule has 0 saturated carbocycles. The van der Waals surface area contributed by atoms with Crippen LogP contribution >= 0.6 is 0 Å². The molecule has 37 heavy (non-hydrogen) atoms. The Labute approximate surface area is 218 Å². The first kappa shape index (κ1) is 26.9. The van der Waals surface area contributed by atoms with Gasteiger partial charge < -0.3 is 9.64 Å². The van der Waals surface area contributed by atoms with Crippen molar-refractivity contribution in [1.82, 2.24) is 4.90 Å². The second kappa shape index (κ2) is 10.3. The lowest BCUT2D eigenvalue weighted by Crippen LogP contribution is -2.63. The lowest BCUT2D eigenvalue weighted by atomic mass is 9.72. The number of aryl methyl sites for hydroxylation is 1. The van der Waals surface area contributed by atoms with E-state index in [9.17, 15) is 22.8 Å². The lowest BCUT2D eigenvalue weighted by Gasteiger charge is -2.47. The van der Waals surface area contributed by atoms with Crippen molar-refractivity contribution in [3.8, 4) is 0 Å². The van der Waals surface area contributed by atoms with Gasteiger partial charge in [-0.15, -0.1) is 6.58 Å². The van der Waals surface area contributed by atoms with Crippen LogP contribution in [0.25, 0.3) is 0 Å². The molecular weight excluding hydrogens is 492 g/mol. The van der Waals surface area contributed by atoms with E-state index in [1.54, 1.807) is 13.0 Å². The molecule has 8 nitrogen and oxygen atoms in total. The molecular formula is C28H34N2O6S. The Kier molecular flexibility index (Phi) is 7.46. The highest BCUT2D eigenvalue weighted by Crippen LogP contribution is 2.50. The smallest absolute Gasteiger partial charge is 0.355 e. The average Bonchev–Trinajstić information content (AvgIpc) is 3.26. The third-order valence-corrected chi connectivity index (χ3v) is 9.38. The Bertz CT molecular complexity index is 1300. The number of ether oxygens (including phenoxy) is 1. The maximum absolute atomic E-state index is 13.3. The van der Waals surface area contributed by atoms with Gasteiger partial charge in [0.2, 0.25) is 15.9 Å². The molecule has 198 valence electrons. The number of esters is 1. The summed E-state index contributed by atoms with van der Waals surface area (Å²) in [7, 11) is -3.68. The van der Waals surface area contributed by atoms with Gasteiger partial charge in [-0.3, -0.25) is 13.9 Å². The number of hydrogen-bond donors (Lipinski definition) is 0. The van der Waals surface area contributed by atoms with Gasteiger partial charge in [0, 0.05) is 18.3 Å². The minimum Gasteiger partial charge on any atom is -0.457 e. The summed E-state index contributed by atoms with van der Waals surface area (Å²) in [5.41, 5.74) is 3.00. The van der Waals surface area contributed by atoms with Gasteiger partial charge in [-0.1, -0.05) is 58.1 Å². The number of amides is 1. The molecule has 3 aliphatic rings. The van der Waals surface area contributed by atoms with Crippen molar-refractivity contribution in [3.05, 3.63) is 65.9 Å². The minimum atomic E-state index is -3.68. The number of allylic oxidation sites excluding steroid dienone is 1. The molecule has 1 aromatic carbocycles. The van der Waals surface area contributed by atoms with Crippen LogP contribution in [0.3, 0.4) is 0 Å². The molecule has 1 aromatic rings. The number of Topliss-reactive ketones (excluding diaryl/α,β-unsaturated/α-hetero) is 1. The number of anilines is 1. The van der Waals surface area contributed by atoms with Crippen LogP contribution in [0.1, 0.15) is 44.7 Å². The fourth-order valence-corrected chi connectivity index (χ4v) is 7.53. The van der Waals surface area contributed by atoms with Crippen molar-refractivity contribution >= 4 is 33.4 Å². The number of β-lactam (4-membered cyclic amide) rings is 1. The van der Waals surface area contributed by atoms with E-state index in [1.807, 2.05) is 26.0 Å². The molecule has 4 atom stereocenters. The normalized spacial score (nSPS) is 24.3. The van der Waals surface area contributed by atoms with Crippen LogP contribution in [0.2, 0.25) is 0 Å². The number of benzene rings is 1. The third-order valence-electron chi connectivity index (χ3n) is 7.73. The summed E-state index contributed by atoms with van der Waals surface area (Å²) in [6.07, 6.45) is 4.76. The van der Waals surface area contributed by atoms with E-state index >= 15 is 0 Å². The Morgan fingerprint density at radius 1 is 1.24 bits per heavy atom. The van der Waals surface area contributed by atoms with E-state index in [-0.39, 0.29) is 48.6 Å². The van der Waals surface area contributed by atoms with Gasteiger partial charge in [-0.2, -0.15) is 0 Å². The zero-order chi connectivity index (χ0) is 27.1. The number of fused-ring (bicyclic) bond motifs is 2. The molecule has 1 amide bonds. The topological polar surface area (TPSA) is 101 Å². The predicted molar refractivity (Wildman–Crippen MR) is 141 cm³/mol. The molecule has 3 unspecified atom stereocenters. The zero-order valence-electron chi connectivity index (χ0n) is 21.6. The van der Waals surface area contributed by atoms with Gasteiger partial charge in [0.1, 0.15) is 18.1 Å². The molecule has 4 rings (SSSR count). The molecule has 0 spiro atoms. The SMILES string of the molecule is C=CCOC(=O)C1=C(CN2c3cccc(CCC)c3CS2(=O)=O)C(C)C2C([C@@H](C)C(=O)CC=C)C(=O)N12. The van der Waals surface area contributed by atoms with E-state index in [1.165, 1.54) is 21.4 Å². The van der Waals surface area contributed by atoms with Gasteiger partial charge in [0.15, 0.2) is 0 Å². The predicted octanol–water partition coefficient (Wildman–Crippen LogP) is 3.53. The van der Waals surface area contributed by atoms with Crippen LogP contribution in [0.4, 0.5) is 5.69 Å². The second-order valence-corrected chi connectivity index (χ2v) is 11.8. The highest BCUT2D eigenvalue weighted by Gasteiger charge is 2.61. The Balaban J connectivity index is 1.74. The average molecular weight is 527 g/mol. The van der Waals surface area contributed by atoms with Gasteiger partial charge in [-0.25, -0.2) is 13.2 Å². The monoisotopic (exact) mass is 526 g/mol. The molecule has 3 heterocycles. The fourth-order valence-electron chi connectivity index (χ4n) is 5.87. The van der Waals surface area contributed by atoms with Crippen molar-refractivity contribution in [3.63, 3.8) is 0 Å². The van der Waals surface area contributed by atoms with Crippen molar-refractivity contribution in [2.75, 3.05) is 17.5 Å². The molecule has 9 heteroatoms. The van der Waals surface area contributed by atoms with E-state index < -0.39 is 33.9 Å². The molecule has 1 fully saturated rings. The van der Waals surface area contributed by atoms with Crippen molar-refractivity contribution in [2.24, 2.45) is 17.8 Å².